The van der Waals surface area contributed by atoms with Crippen LogP contribution in [-0.4, -0.2) is 65.0 Å². The summed E-state index contributed by atoms with van der Waals surface area (Å²) >= 11 is 0. The number of imide groups is 1. The summed E-state index contributed by atoms with van der Waals surface area (Å²) in [5.74, 6) is 0.700. The second-order valence-electron chi connectivity index (χ2n) is 7.28. The van der Waals surface area contributed by atoms with E-state index in [-0.39, 0.29) is 6.54 Å². The number of nitrogens with one attached hydrogen (secondary N) is 2. The maximum Gasteiger partial charge on any atom is 0.407 e. The van der Waals surface area contributed by atoms with Crippen LogP contribution >= 0.6 is 21.6 Å². The van der Waals surface area contributed by atoms with Crippen LogP contribution in [-0.2, 0) is 19.1 Å². The highest BCUT2D eigenvalue weighted by atomic mass is 33.1. The van der Waals surface area contributed by atoms with E-state index in [2.05, 4.69) is 10.6 Å². The van der Waals surface area contributed by atoms with E-state index in [1.54, 1.807) is 31.6 Å². The van der Waals surface area contributed by atoms with Crippen LogP contribution in [0.25, 0.3) is 0 Å². The summed E-state index contributed by atoms with van der Waals surface area (Å²) < 4.78 is 5.15. The number of carbonyl (C=O) groups is 4. The lowest BCUT2D eigenvalue weighted by Crippen LogP contribution is -2.55. The zero-order valence-corrected chi connectivity index (χ0v) is 17.3. The minimum absolute atomic E-state index is 0.213. The van der Waals surface area contributed by atoms with Crippen LogP contribution in [0.4, 0.5) is 4.79 Å². The van der Waals surface area contributed by atoms with Gasteiger partial charge < -0.3 is 15.4 Å². The third kappa shape index (κ3) is 6.76. The molecule has 0 aromatic heterocycles. The first-order valence-corrected chi connectivity index (χ1v) is 11.2. The van der Waals surface area contributed by atoms with Gasteiger partial charge in [0.2, 0.25) is 5.91 Å². The zero-order valence-electron chi connectivity index (χ0n) is 15.6. The minimum atomic E-state index is -1.13. The molecule has 4 amide bonds. The van der Waals surface area contributed by atoms with Gasteiger partial charge in [0.15, 0.2) is 0 Å². The monoisotopic (exact) mass is 415 g/mol. The maximum atomic E-state index is 12.7. The van der Waals surface area contributed by atoms with E-state index in [1.807, 2.05) is 10.8 Å². The normalized spacial score (nSPS) is 21.1. The van der Waals surface area contributed by atoms with Crippen LogP contribution in [0.1, 0.15) is 27.2 Å². The summed E-state index contributed by atoms with van der Waals surface area (Å²) in [5.41, 5.74) is -0.695. The van der Waals surface area contributed by atoms with Crippen molar-refractivity contribution >= 4 is 45.4 Å². The van der Waals surface area contributed by atoms with E-state index < -0.39 is 35.5 Å². The molecule has 2 aliphatic rings. The van der Waals surface area contributed by atoms with Gasteiger partial charge in [-0.1, -0.05) is 21.6 Å². The van der Waals surface area contributed by atoms with E-state index >= 15 is 0 Å². The topological polar surface area (TPSA) is 105 Å². The predicted octanol–water partition coefficient (Wildman–Crippen LogP) is 1.32. The van der Waals surface area contributed by atoms with Gasteiger partial charge in [-0.15, -0.1) is 0 Å². The van der Waals surface area contributed by atoms with Crippen molar-refractivity contribution in [1.29, 1.82) is 0 Å². The summed E-state index contributed by atoms with van der Waals surface area (Å²) in [6.45, 7) is 5.41. The summed E-state index contributed by atoms with van der Waals surface area (Å²) in [5, 5.41) is 5.29. The second kappa shape index (κ2) is 9.50. The van der Waals surface area contributed by atoms with Crippen molar-refractivity contribution in [2.75, 3.05) is 24.6 Å². The van der Waals surface area contributed by atoms with E-state index in [0.29, 0.717) is 12.5 Å². The van der Waals surface area contributed by atoms with Crippen molar-refractivity contribution < 1.29 is 23.9 Å². The Labute approximate surface area is 166 Å². The molecule has 2 aliphatic heterocycles. The van der Waals surface area contributed by atoms with E-state index in [1.165, 1.54) is 0 Å². The fraction of sp³-hybridized carbons (Fsp3) is 0.647. The van der Waals surface area contributed by atoms with Crippen LogP contribution in [0.3, 0.4) is 0 Å². The number of ether oxygens (including phenoxy) is 1. The van der Waals surface area contributed by atoms with E-state index in [0.717, 1.165) is 35.0 Å². The largest absolute Gasteiger partial charge is 0.444 e. The van der Waals surface area contributed by atoms with Gasteiger partial charge in [-0.05, 0) is 33.1 Å². The fourth-order valence-corrected chi connectivity index (χ4v) is 5.17. The molecule has 0 aromatic carbocycles. The summed E-state index contributed by atoms with van der Waals surface area (Å²) in [4.78, 5) is 49.4. The lowest BCUT2D eigenvalue weighted by molar-refractivity contribution is -0.145. The Morgan fingerprint density at radius 3 is 2.44 bits per heavy atom. The molecule has 1 fully saturated rings. The standard InChI is InChI=1S/C17H25N3O5S2/c1-17(2,3)25-16(24)19-9-12(20-13(21)4-5-14(20)22)15(23)18-8-11-6-7-26-27-10-11/h4-5,11-12H,6-10H2,1-3H3,(H,18,23)(H,19,24). The Bertz CT molecular complexity index is 609. The number of alkyl carbamates (subject to hydrolysis) is 1. The van der Waals surface area contributed by atoms with Gasteiger partial charge in [0.05, 0.1) is 6.54 Å². The average molecular weight is 416 g/mol. The molecule has 0 bridgehead atoms. The number of amides is 4. The third-order valence-electron chi connectivity index (χ3n) is 3.86. The van der Waals surface area contributed by atoms with Crippen molar-refractivity contribution in [2.24, 2.45) is 5.92 Å². The molecule has 8 nitrogen and oxygen atoms in total. The van der Waals surface area contributed by atoms with Crippen LogP contribution in [0.5, 0.6) is 0 Å². The molecule has 10 heteroatoms. The SMILES string of the molecule is CC(C)(C)OC(=O)NCC(C(=O)NCC1CCSSC1)N1C(=O)C=CC1=O. The molecule has 27 heavy (non-hydrogen) atoms. The number of hydrogen-bond acceptors (Lipinski definition) is 7. The predicted molar refractivity (Wildman–Crippen MR) is 105 cm³/mol. The number of rotatable bonds is 6. The first-order valence-electron chi connectivity index (χ1n) is 8.71. The Kier molecular flexibility index (Phi) is 7.60. The molecule has 0 aliphatic carbocycles. The quantitative estimate of drug-likeness (QED) is 0.498. The van der Waals surface area contributed by atoms with Gasteiger partial charge in [-0.2, -0.15) is 0 Å². The van der Waals surface area contributed by atoms with Crippen molar-refractivity contribution in [3.63, 3.8) is 0 Å². The molecular weight excluding hydrogens is 390 g/mol. The molecule has 2 heterocycles. The Balaban J connectivity index is 1.98. The molecule has 2 N–H and O–H groups in total. The zero-order chi connectivity index (χ0) is 20.0. The van der Waals surface area contributed by atoms with Gasteiger partial charge >= 0.3 is 6.09 Å². The number of nitrogens with zero attached hydrogens (tertiary/aromatic N) is 1. The van der Waals surface area contributed by atoms with Gasteiger partial charge in [0, 0.05) is 30.2 Å². The van der Waals surface area contributed by atoms with Crippen molar-refractivity contribution in [1.82, 2.24) is 15.5 Å². The van der Waals surface area contributed by atoms with Gasteiger partial charge in [0.25, 0.3) is 11.8 Å². The average Bonchev–Trinajstić information content (AvgIpc) is 2.92. The first kappa shape index (κ1) is 21.6. The van der Waals surface area contributed by atoms with Gasteiger partial charge in [0.1, 0.15) is 11.6 Å². The molecule has 0 spiro atoms. The van der Waals surface area contributed by atoms with Crippen LogP contribution in [0.2, 0.25) is 0 Å². The molecule has 1 saturated heterocycles. The molecular formula is C17H25N3O5S2. The van der Waals surface area contributed by atoms with Crippen molar-refractivity contribution in [3.05, 3.63) is 12.2 Å². The molecule has 2 atom stereocenters. The Morgan fingerprint density at radius 2 is 1.89 bits per heavy atom. The lowest BCUT2D eigenvalue weighted by atomic mass is 10.1. The van der Waals surface area contributed by atoms with Crippen molar-refractivity contribution in [2.45, 2.75) is 38.8 Å². The van der Waals surface area contributed by atoms with Gasteiger partial charge in [-0.3, -0.25) is 19.3 Å². The second-order valence-corrected chi connectivity index (χ2v) is 9.91. The molecule has 2 rings (SSSR count). The van der Waals surface area contributed by atoms with Crippen LogP contribution in [0, 0.1) is 5.92 Å². The number of hydrogen-bond donors (Lipinski definition) is 2. The maximum absolute atomic E-state index is 12.7. The van der Waals surface area contributed by atoms with E-state index in [9.17, 15) is 19.2 Å². The molecule has 0 radical (unpaired) electrons. The van der Waals surface area contributed by atoms with Crippen LogP contribution < -0.4 is 10.6 Å². The highest BCUT2D eigenvalue weighted by molar-refractivity contribution is 8.76. The highest BCUT2D eigenvalue weighted by Crippen LogP contribution is 2.32. The lowest BCUT2D eigenvalue weighted by Gasteiger charge is -2.28. The highest BCUT2D eigenvalue weighted by Gasteiger charge is 2.36. The van der Waals surface area contributed by atoms with Crippen molar-refractivity contribution in [3.8, 4) is 0 Å². The smallest absolute Gasteiger partial charge is 0.407 e. The Morgan fingerprint density at radius 1 is 1.22 bits per heavy atom. The minimum Gasteiger partial charge on any atom is -0.444 e. The summed E-state index contributed by atoms with van der Waals surface area (Å²) in [7, 11) is 3.58. The molecule has 150 valence electrons. The van der Waals surface area contributed by atoms with Crippen LogP contribution in [0.15, 0.2) is 12.2 Å². The molecule has 0 aromatic rings. The first-order chi connectivity index (χ1) is 12.7. The third-order valence-corrected chi connectivity index (χ3v) is 6.44. The Hall–Kier alpha value is -1.68. The fourth-order valence-electron chi connectivity index (χ4n) is 2.54. The molecule has 2 unspecified atom stereocenters. The van der Waals surface area contributed by atoms with E-state index in [4.69, 9.17) is 4.74 Å². The van der Waals surface area contributed by atoms with Gasteiger partial charge in [-0.25, -0.2) is 4.79 Å². The summed E-state index contributed by atoms with van der Waals surface area (Å²) in [6.07, 6.45) is 2.52. The molecule has 0 saturated carbocycles. The number of carbonyl (C=O) groups excluding carboxylic acids is 4. The summed E-state index contributed by atoms with van der Waals surface area (Å²) in [6, 6.07) is -1.13.